The normalized spacial score (nSPS) is 39.5. The average molecular weight is 307 g/mol. The van der Waals surface area contributed by atoms with Crippen LogP contribution in [0.3, 0.4) is 0 Å². The molecule has 2 aliphatic carbocycles. The van der Waals surface area contributed by atoms with Gasteiger partial charge in [0.2, 0.25) is 0 Å². The molecule has 2 aliphatic heterocycles. The summed E-state index contributed by atoms with van der Waals surface area (Å²) in [5, 5.41) is 3.83. The molecule has 1 N–H and O–H groups in total. The lowest BCUT2D eigenvalue weighted by Crippen LogP contribution is -2.72. The second-order valence-electron chi connectivity index (χ2n) is 7.56. The minimum absolute atomic E-state index is 0.419. The molecule has 0 radical (unpaired) electrons. The van der Waals surface area contributed by atoms with E-state index in [9.17, 15) is 0 Å². The summed E-state index contributed by atoms with van der Waals surface area (Å²) in [6.07, 6.45) is 6.97. The first-order chi connectivity index (χ1) is 10.8. The Labute approximate surface area is 133 Å². The average Bonchev–Trinajstić information content (AvgIpc) is 3.07. The van der Waals surface area contributed by atoms with Gasteiger partial charge in [0.05, 0.1) is 12.7 Å². The van der Waals surface area contributed by atoms with E-state index in [1.807, 2.05) is 7.05 Å². The molecule has 5 nitrogen and oxygen atoms in total. The van der Waals surface area contributed by atoms with Crippen LogP contribution in [0.5, 0.6) is 0 Å². The van der Waals surface area contributed by atoms with Gasteiger partial charge in [0, 0.05) is 57.1 Å². The van der Waals surface area contributed by atoms with Gasteiger partial charge in [-0.25, -0.2) is 0 Å². The maximum atomic E-state index is 6.02. The Bertz CT molecular complexity index is 449. The van der Waals surface area contributed by atoms with Gasteiger partial charge in [0.15, 0.2) is 5.96 Å². The van der Waals surface area contributed by atoms with Crippen LogP contribution in [0.15, 0.2) is 4.99 Å². The summed E-state index contributed by atoms with van der Waals surface area (Å²) in [5.74, 6) is 2.44. The second kappa shape index (κ2) is 5.68. The van der Waals surface area contributed by atoms with E-state index >= 15 is 0 Å². The minimum Gasteiger partial charge on any atom is -0.384 e. The van der Waals surface area contributed by atoms with Crippen LogP contribution in [0.2, 0.25) is 0 Å². The van der Waals surface area contributed by atoms with E-state index in [4.69, 9.17) is 9.47 Å². The van der Waals surface area contributed by atoms with Crippen molar-refractivity contribution in [3.05, 3.63) is 0 Å². The largest absolute Gasteiger partial charge is 0.384 e. The van der Waals surface area contributed by atoms with E-state index in [0.29, 0.717) is 29.4 Å². The number of hydrogen-bond donors (Lipinski definition) is 1. The van der Waals surface area contributed by atoms with E-state index in [1.54, 1.807) is 7.11 Å². The lowest BCUT2D eigenvalue weighted by molar-refractivity contribution is -0.171. The SMILES string of the molecule is CN=C(NC1C2CCOC2C12CCC2)N1CCC(COC)C1. The highest BCUT2D eigenvalue weighted by atomic mass is 16.5. The van der Waals surface area contributed by atoms with E-state index in [1.165, 1.54) is 32.1 Å². The van der Waals surface area contributed by atoms with Gasteiger partial charge in [-0.3, -0.25) is 4.99 Å². The van der Waals surface area contributed by atoms with Gasteiger partial charge in [-0.2, -0.15) is 0 Å². The van der Waals surface area contributed by atoms with Gasteiger partial charge < -0.3 is 19.7 Å². The molecule has 0 aromatic carbocycles. The standard InChI is InChI=1S/C17H29N3O2/c1-18-16(20-8-4-12(10-20)11-21-2)19-14-13-5-9-22-15(13)17(14)6-3-7-17/h12-15H,3-11H2,1-2H3,(H,18,19). The highest BCUT2D eigenvalue weighted by Crippen LogP contribution is 2.62. The molecule has 124 valence electrons. The van der Waals surface area contributed by atoms with Crippen molar-refractivity contribution in [2.75, 3.05) is 40.5 Å². The van der Waals surface area contributed by atoms with Crippen molar-refractivity contribution in [1.82, 2.24) is 10.2 Å². The van der Waals surface area contributed by atoms with E-state index < -0.39 is 0 Å². The molecule has 2 saturated heterocycles. The second-order valence-corrected chi connectivity index (χ2v) is 7.56. The minimum atomic E-state index is 0.419. The Balaban J connectivity index is 1.41. The number of ether oxygens (including phenoxy) is 2. The first-order valence-electron chi connectivity index (χ1n) is 8.87. The van der Waals surface area contributed by atoms with Crippen LogP contribution in [0, 0.1) is 17.3 Å². The third-order valence-electron chi connectivity index (χ3n) is 6.52. The molecule has 0 bridgehead atoms. The van der Waals surface area contributed by atoms with Crippen LogP contribution in [0.1, 0.15) is 32.1 Å². The van der Waals surface area contributed by atoms with Gasteiger partial charge in [0.1, 0.15) is 0 Å². The quantitative estimate of drug-likeness (QED) is 0.634. The van der Waals surface area contributed by atoms with E-state index in [0.717, 1.165) is 32.3 Å². The third kappa shape index (κ3) is 2.08. The Kier molecular flexibility index (Phi) is 3.81. The maximum absolute atomic E-state index is 6.02. The first-order valence-corrected chi connectivity index (χ1v) is 8.87. The highest BCUT2D eigenvalue weighted by Gasteiger charge is 2.66. The summed E-state index contributed by atoms with van der Waals surface area (Å²) in [7, 11) is 3.71. The van der Waals surface area contributed by atoms with Crippen molar-refractivity contribution in [3.8, 4) is 0 Å². The zero-order chi connectivity index (χ0) is 15.2. The summed E-state index contributed by atoms with van der Waals surface area (Å²) in [4.78, 5) is 6.99. The molecule has 4 atom stereocenters. The Hall–Kier alpha value is -0.810. The predicted octanol–water partition coefficient (Wildman–Crippen LogP) is 1.49. The maximum Gasteiger partial charge on any atom is 0.193 e. The van der Waals surface area contributed by atoms with Gasteiger partial charge in [-0.15, -0.1) is 0 Å². The lowest BCUT2D eigenvalue weighted by Gasteiger charge is -2.63. The molecule has 22 heavy (non-hydrogen) atoms. The zero-order valence-electron chi connectivity index (χ0n) is 13.9. The number of hydrogen-bond acceptors (Lipinski definition) is 3. The number of likely N-dealkylation sites (tertiary alicyclic amines) is 1. The molecule has 2 heterocycles. The lowest BCUT2D eigenvalue weighted by atomic mass is 9.46. The number of fused-ring (bicyclic) bond motifs is 2. The van der Waals surface area contributed by atoms with Crippen molar-refractivity contribution in [1.29, 1.82) is 0 Å². The Morgan fingerprint density at radius 3 is 2.95 bits per heavy atom. The molecule has 4 rings (SSSR count). The van der Waals surface area contributed by atoms with Crippen molar-refractivity contribution in [2.45, 2.75) is 44.2 Å². The van der Waals surface area contributed by atoms with E-state index in [-0.39, 0.29) is 0 Å². The van der Waals surface area contributed by atoms with Gasteiger partial charge >= 0.3 is 0 Å². The number of rotatable bonds is 3. The summed E-state index contributed by atoms with van der Waals surface area (Å²) in [5.41, 5.74) is 0.419. The smallest absolute Gasteiger partial charge is 0.193 e. The van der Waals surface area contributed by atoms with E-state index in [2.05, 4.69) is 15.2 Å². The molecule has 4 fully saturated rings. The molecule has 4 aliphatic rings. The molecule has 4 unspecified atom stereocenters. The summed E-state index contributed by atoms with van der Waals surface area (Å²) < 4.78 is 11.3. The third-order valence-corrected chi connectivity index (χ3v) is 6.52. The number of aliphatic imine (C=N–C) groups is 1. The van der Waals surface area contributed by atoms with Gasteiger partial charge in [0.25, 0.3) is 0 Å². The van der Waals surface area contributed by atoms with Crippen LogP contribution >= 0.6 is 0 Å². The Morgan fingerprint density at radius 1 is 1.41 bits per heavy atom. The zero-order valence-corrected chi connectivity index (χ0v) is 13.9. The summed E-state index contributed by atoms with van der Waals surface area (Å²) in [6.45, 7) is 3.97. The fraction of sp³-hybridized carbons (Fsp3) is 0.941. The van der Waals surface area contributed by atoms with Crippen LogP contribution in [0.4, 0.5) is 0 Å². The van der Waals surface area contributed by atoms with Crippen molar-refractivity contribution >= 4 is 5.96 Å². The number of guanidine groups is 1. The first kappa shape index (κ1) is 14.8. The molecule has 2 saturated carbocycles. The number of methoxy groups -OCH3 is 1. The van der Waals surface area contributed by atoms with Crippen LogP contribution in [-0.2, 0) is 9.47 Å². The number of nitrogens with zero attached hydrogens (tertiary/aromatic N) is 2. The van der Waals surface area contributed by atoms with Crippen LogP contribution in [0.25, 0.3) is 0 Å². The highest BCUT2D eigenvalue weighted by molar-refractivity contribution is 5.80. The molecule has 0 aromatic heterocycles. The number of nitrogens with one attached hydrogen (secondary N) is 1. The summed E-state index contributed by atoms with van der Waals surface area (Å²) >= 11 is 0. The monoisotopic (exact) mass is 307 g/mol. The molecule has 0 aromatic rings. The van der Waals surface area contributed by atoms with Crippen LogP contribution in [-0.4, -0.2) is 63.5 Å². The van der Waals surface area contributed by atoms with Crippen molar-refractivity contribution in [2.24, 2.45) is 22.2 Å². The fourth-order valence-electron chi connectivity index (χ4n) is 5.29. The van der Waals surface area contributed by atoms with Crippen molar-refractivity contribution in [3.63, 3.8) is 0 Å². The van der Waals surface area contributed by atoms with Gasteiger partial charge in [-0.05, 0) is 25.7 Å². The van der Waals surface area contributed by atoms with Crippen molar-refractivity contribution < 1.29 is 9.47 Å². The topological polar surface area (TPSA) is 46.1 Å². The Morgan fingerprint density at radius 2 is 2.27 bits per heavy atom. The molecular formula is C17H29N3O2. The summed E-state index contributed by atoms with van der Waals surface area (Å²) in [6, 6.07) is 0.578. The van der Waals surface area contributed by atoms with Crippen LogP contribution < -0.4 is 5.32 Å². The molecular weight excluding hydrogens is 278 g/mol. The predicted molar refractivity (Wildman–Crippen MR) is 86.0 cm³/mol. The molecule has 1 spiro atoms. The molecule has 0 amide bonds. The fourth-order valence-corrected chi connectivity index (χ4v) is 5.29. The molecule has 5 heteroatoms. The van der Waals surface area contributed by atoms with Gasteiger partial charge in [-0.1, -0.05) is 6.42 Å².